The van der Waals surface area contributed by atoms with E-state index in [4.69, 9.17) is 0 Å². The van der Waals surface area contributed by atoms with E-state index in [9.17, 15) is 14.9 Å². The Kier molecular flexibility index (Phi) is 3.84. The molecule has 0 aromatic carbocycles. The second kappa shape index (κ2) is 5.57. The average Bonchev–Trinajstić information content (AvgIpc) is 2.82. The molecule has 10 heteroatoms. The number of aromatic nitrogens is 3. The molecule has 0 spiro atoms. The average molecular weight is 295 g/mol. The largest absolute Gasteiger partial charge is 0.464 e. The highest BCUT2D eigenvalue weighted by molar-refractivity contribution is 7.09. The number of ether oxygens (including phenoxy) is 1. The lowest BCUT2D eigenvalue weighted by Crippen LogP contribution is -2.07. The first-order valence-electron chi connectivity index (χ1n) is 5.32. The van der Waals surface area contributed by atoms with E-state index in [2.05, 4.69) is 24.4 Å². The topological polar surface area (TPSA) is 120 Å². The SMILES string of the molecule is COC(=O)c1ccc([N+](=O)[O-])c(Nc2nc(C)ns2)n1. The molecule has 2 aromatic rings. The number of hydrogen-bond acceptors (Lipinski definition) is 9. The van der Waals surface area contributed by atoms with Crippen molar-refractivity contribution in [3.63, 3.8) is 0 Å². The Labute approximate surface area is 117 Å². The van der Waals surface area contributed by atoms with Crippen LogP contribution in [-0.4, -0.2) is 32.3 Å². The molecule has 0 fully saturated rings. The van der Waals surface area contributed by atoms with Gasteiger partial charge in [0.25, 0.3) is 0 Å². The molecule has 0 atom stereocenters. The van der Waals surface area contributed by atoms with Crippen LogP contribution in [0, 0.1) is 17.0 Å². The fourth-order valence-electron chi connectivity index (χ4n) is 1.36. The summed E-state index contributed by atoms with van der Waals surface area (Å²) in [7, 11) is 1.20. The monoisotopic (exact) mass is 295 g/mol. The number of rotatable bonds is 4. The van der Waals surface area contributed by atoms with E-state index in [1.54, 1.807) is 6.92 Å². The van der Waals surface area contributed by atoms with Gasteiger partial charge in [0, 0.05) is 17.6 Å². The maximum atomic E-state index is 11.4. The Hall–Kier alpha value is -2.62. The van der Waals surface area contributed by atoms with Gasteiger partial charge in [0.2, 0.25) is 10.9 Å². The van der Waals surface area contributed by atoms with Crippen molar-refractivity contribution in [1.82, 2.24) is 14.3 Å². The Bertz CT molecular complexity index is 671. The van der Waals surface area contributed by atoms with E-state index in [0.717, 1.165) is 11.5 Å². The Morgan fingerprint density at radius 2 is 2.20 bits per heavy atom. The van der Waals surface area contributed by atoms with Crippen LogP contribution in [0.15, 0.2) is 12.1 Å². The first kappa shape index (κ1) is 13.8. The van der Waals surface area contributed by atoms with Crippen molar-refractivity contribution >= 4 is 34.1 Å². The number of pyridine rings is 1. The number of nitrogens with zero attached hydrogens (tertiary/aromatic N) is 4. The van der Waals surface area contributed by atoms with Crippen molar-refractivity contribution in [1.29, 1.82) is 0 Å². The summed E-state index contributed by atoms with van der Waals surface area (Å²) < 4.78 is 8.46. The van der Waals surface area contributed by atoms with Gasteiger partial charge in [-0.15, -0.1) is 0 Å². The van der Waals surface area contributed by atoms with Crippen LogP contribution in [0.25, 0.3) is 0 Å². The molecule has 20 heavy (non-hydrogen) atoms. The van der Waals surface area contributed by atoms with Crippen LogP contribution >= 0.6 is 11.5 Å². The van der Waals surface area contributed by atoms with Crippen molar-refractivity contribution in [3.05, 3.63) is 33.8 Å². The molecule has 0 radical (unpaired) electrons. The van der Waals surface area contributed by atoms with Crippen LogP contribution in [0.3, 0.4) is 0 Å². The minimum Gasteiger partial charge on any atom is -0.464 e. The van der Waals surface area contributed by atoms with E-state index in [1.165, 1.54) is 19.2 Å². The van der Waals surface area contributed by atoms with E-state index < -0.39 is 10.9 Å². The van der Waals surface area contributed by atoms with Gasteiger partial charge < -0.3 is 10.1 Å². The molecule has 2 rings (SSSR count). The molecule has 2 aromatic heterocycles. The lowest BCUT2D eigenvalue weighted by molar-refractivity contribution is -0.384. The normalized spacial score (nSPS) is 10.1. The number of carbonyl (C=O) groups is 1. The first-order chi connectivity index (χ1) is 9.51. The third kappa shape index (κ3) is 2.85. The number of aryl methyl sites for hydroxylation is 1. The highest BCUT2D eigenvalue weighted by Gasteiger charge is 2.20. The van der Waals surface area contributed by atoms with Crippen molar-refractivity contribution in [2.24, 2.45) is 0 Å². The van der Waals surface area contributed by atoms with Crippen LogP contribution < -0.4 is 5.32 Å². The molecular formula is C10H9N5O4S. The summed E-state index contributed by atoms with van der Waals surface area (Å²) in [5.41, 5.74) is -0.313. The van der Waals surface area contributed by atoms with Gasteiger partial charge in [0.15, 0.2) is 5.69 Å². The Morgan fingerprint density at radius 1 is 1.45 bits per heavy atom. The molecule has 0 bridgehead atoms. The van der Waals surface area contributed by atoms with Gasteiger partial charge in [0.1, 0.15) is 5.82 Å². The van der Waals surface area contributed by atoms with Crippen molar-refractivity contribution in [2.75, 3.05) is 12.4 Å². The van der Waals surface area contributed by atoms with Crippen molar-refractivity contribution < 1.29 is 14.5 Å². The summed E-state index contributed by atoms with van der Waals surface area (Å²) in [4.78, 5) is 29.6. The van der Waals surface area contributed by atoms with Crippen molar-refractivity contribution in [3.8, 4) is 0 Å². The summed E-state index contributed by atoms with van der Waals surface area (Å²) in [6.45, 7) is 1.69. The fraction of sp³-hybridized carbons (Fsp3) is 0.200. The summed E-state index contributed by atoms with van der Waals surface area (Å²) in [5.74, 6) is -0.241. The molecule has 1 N–H and O–H groups in total. The molecule has 0 saturated heterocycles. The lowest BCUT2D eigenvalue weighted by atomic mass is 10.3. The van der Waals surface area contributed by atoms with Crippen LogP contribution in [-0.2, 0) is 4.74 Å². The fourth-order valence-corrected chi connectivity index (χ4v) is 1.93. The first-order valence-corrected chi connectivity index (χ1v) is 6.09. The number of carbonyl (C=O) groups excluding carboxylic acids is 1. The second-order valence-electron chi connectivity index (χ2n) is 3.58. The Balaban J connectivity index is 2.41. The van der Waals surface area contributed by atoms with E-state index in [-0.39, 0.29) is 17.2 Å². The van der Waals surface area contributed by atoms with Crippen LogP contribution in [0.4, 0.5) is 16.6 Å². The maximum absolute atomic E-state index is 11.4. The minimum absolute atomic E-state index is 0.0400. The Morgan fingerprint density at radius 3 is 2.75 bits per heavy atom. The smallest absolute Gasteiger partial charge is 0.356 e. The van der Waals surface area contributed by atoms with Gasteiger partial charge in [-0.05, 0) is 13.0 Å². The highest BCUT2D eigenvalue weighted by Crippen LogP contribution is 2.26. The van der Waals surface area contributed by atoms with E-state index in [1.807, 2.05) is 0 Å². The van der Waals surface area contributed by atoms with Gasteiger partial charge in [-0.1, -0.05) is 0 Å². The number of nitro groups is 1. The summed E-state index contributed by atoms with van der Waals surface area (Å²) in [5, 5.41) is 14.0. The highest BCUT2D eigenvalue weighted by atomic mass is 32.1. The predicted molar refractivity (Wildman–Crippen MR) is 70.2 cm³/mol. The maximum Gasteiger partial charge on any atom is 0.356 e. The number of esters is 1. The molecular weight excluding hydrogens is 286 g/mol. The molecule has 0 aliphatic heterocycles. The summed E-state index contributed by atoms with van der Waals surface area (Å²) in [6, 6.07) is 2.40. The third-order valence-electron chi connectivity index (χ3n) is 2.22. The van der Waals surface area contributed by atoms with E-state index in [0.29, 0.717) is 11.0 Å². The molecule has 0 saturated carbocycles. The van der Waals surface area contributed by atoms with Crippen LogP contribution in [0.1, 0.15) is 16.3 Å². The second-order valence-corrected chi connectivity index (χ2v) is 4.34. The molecule has 104 valence electrons. The van der Waals surface area contributed by atoms with Crippen LogP contribution in [0.2, 0.25) is 0 Å². The molecule has 0 unspecified atom stereocenters. The molecule has 0 aliphatic rings. The standard InChI is InChI=1S/C10H9N5O4S/c1-5-11-10(20-14-5)13-8-7(15(17)18)4-3-6(12-8)9(16)19-2/h3-4H,1-2H3,(H,11,12,13,14). The summed E-state index contributed by atoms with van der Waals surface area (Å²) >= 11 is 1.03. The van der Waals surface area contributed by atoms with Gasteiger partial charge in [-0.3, -0.25) is 10.1 Å². The van der Waals surface area contributed by atoms with E-state index >= 15 is 0 Å². The summed E-state index contributed by atoms with van der Waals surface area (Å²) in [6.07, 6.45) is 0. The number of nitrogens with one attached hydrogen (secondary N) is 1. The molecule has 0 amide bonds. The molecule has 9 nitrogen and oxygen atoms in total. The zero-order chi connectivity index (χ0) is 14.7. The zero-order valence-corrected chi connectivity index (χ0v) is 11.3. The van der Waals surface area contributed by atoms with Gasteiger partial charge in [-0.2, -0.15) is 4.37 Å². The predicted octanol–water partition coefficient (Wildman–Crippen LogP) is 1.68. The number of hydrogen-bond donors (Lipinski definition) is 1. The van der Waals surface area contributed by atoms with Gasteiger partial charge in [0.05, 0.1) is 12.0 Å². The quantitative estimate of drug-likeness (QED) is 0.514. The molecule has 2 heterocycles. The zero-order valence-electron chi connectivity index (χ0n) is 10.5. The van der Waals surface area contributed by atoms with Gasteiger partial charge >= 0.3 is 11.7 Å². The third-order valence-corrected chi connectivity index (χ3v) is 2.94. The lowest BCUT2D eigenvalue weighted by Gasteiger charge is -2.04. The number of anilines is 2. The van der Waals surface area contributed by atoms with Crippen LogP contribution in [0.5, 0.6) is 0 Å². The van der Waals surface area contributed by atoms with Crippen molar-refractivity contribution in [2.45, 2.75) is 6.92 Å². The number of methoxy groups -OCH3 is 1. The molecule has 0 aliphatic carbocycles. The van der Waals surface area contributed by atoms with Gasteiger partial charge in [-0.25, -0.2) is 14.8 Å². The minimum atomic E-state index is -0.684.